The molecule has 3 heteroatoms. The van der Waals surface area contributed by atoms with E-state index in [2.05, 4.69) is 43.4 Å². The highest BCUT2D eigenvalue weighted by Gasteiger charge is 2.04. The lowest BCUT2D eigenvalue weighted by Gasteiger charge is -2.14. The number of hydrogen-bond acceptors (Lipinski definition) is 2. The third kappa shape index (κ3) is 5.78. The van der Waals surface area contributed by atoms with Gasteiger partial charge in [0.1, 0.15) is 0 Å². The second kappa shape index (κ2) is 8.44. The van der Waals surface area contributed by atoms with Crippen LogP contribution in [0.2, 0.25) is 0 Å². The summed E-state index contributed by atoms with van der Waals surface area (Å²) in [7, 11) is -0.708. The van der Waals surface area contributed by atoms with Crippen molar-refractivity contribution in [2.75, 3.05) is 18.6 Å². The van der Waals surface area contributed by atoms with Gasteiger partial charge in [0.05, 0.1) is 0 Å². The summed E-state index contributed by atoms with van der Waals surface area (Å²) in [6.45, 7) is 5.18. The van der Waals surface area contributed by atoms with E-state index in [1.54, 1.807) is 6.26 Å². The summed E-state index contributed by atoms with van der Waals surface area (Å²) < 4.78 is 11.0. The summed E-state index contributed by atoms with van der Waals surface area (Å²) in [5, 5.41) is 3.40. The third-order valence-electron chi connectivity index (χ3n) is 3.14. The van der Waals surface area contributed by atoms with E-state index in [0.717, 1.165) is 12.3 Å². The monoisotopic (exact) mass is 267 g/mol. The average molecular weight is 267 g/mol. The van der Waals surface area contributed by atoms with Crippen molar-refractivity contribution in [2.24, 2.45) is 0 Å². The van der Waals surface area contributed by atoms with Crippen LogP contribution in [0.5, 0.6) is 0 Å². The summed E-state index contributed by atoms with van der Waals surface area (Å²) in [6.07, 6.45) is 5.42. The van der Waals surface area contributed by atoms with Gasteiger partial charge in [-0.1, -0.05) is 37.6 Å². The molecular formula is C15H25NOS. The van der Waals surface area contributed by atoms with Gasteiger partial charge < -0.3 is 5.32 Å². The Morgan fingerprint density at radius 1 is 1.28 bits per heavy atom. The van der Waals surface area contributed by atoms with Crippen LogP contribution in [0.4, 0.5) is 0 Å². The molecule has 0 aliphatic rings. The van der Waals surface area contributed by atoms with Crippen molar-refractivity contribution in [3.63, 3.8) is 0 Å². The summed E-state index contributed by atoms with van der Waals surface area (Å²) in [4.78, 5) is 0. The largest absolute Gasteiger partial charge is 0.309 e. The maximum Gasteiger partial charge on any atom is 0.0357 e. The van der Waals surface area contributed by atoms with Crippen molar-refractivity contribution in [3.8, 4) is 0 Å². The number of rotatable bonds is 8. The normalized spacial score (nSPS) is 14.4. The molecule has 0 heterocycles. The molecule has 0 amide bonds. The topological polar surface area (TPSA) is 29.1 Å². The van der Waals surface area contributed by atoms with Crippen LogP contribution in [0.25, 0.3) is 0 Å². The number of hydrogen-bond donors (Lipinski definition) is 1. The van der Waals surface area contributed by atoms with E-state index in [9.17, 15) is 4.21 Å². The van der Waals surface area contributed by atoms with Crippen LogP contribution in [0, 0.1) is 0 Å². The van der Waals surface area contributed by atoms with Gasteiger partial charge in [-0.05, 0) is 30.9 Å². The smallest absolute Gasteiger partial charge is 0.0357 e. The van der Waals surface area contributed by atoms with Gasteiger partial charge in [0.25, 0.3) is 0 Å². The summed E-state index contributed by atoms with van der Waals surface area (Å²) in [6, 6.07) is 9.17. The Balaban J connectivity index is 2.43. The fourth-order valence-electron chi connectivity index (χ4n) is 1.89. The Kier molecular flexibility index (Phi) is 7.21. The van der Waals surface area contributed by atoms with Crippen molar-refractivity contribution in [1.29, 1.82) is 0 Å². The molecule has 1 rings (SSSR count). The van der Waals surface area contributed by atoms with Crippen LogP contribution in [-0.2, 0) is 17.2 Å². The highest BCUT2D eigenvalue weighted by atomic mass is 32.2. The van der Waals surface area contributed by atoms with Gasteiger partial charge in [-0.3, -0.25) is 4.21 Å². The van der Waals surface area contributed by atoms with Crippen LogP contribution < -0.4 is 5.32 Å². The Morgan fingerprint density at radius 3 is 2.50 bits per heavy atom. The molecule has 0 fully saturated rings. The first kappa shape index (κ1) is 15.4. The van der Waals surface area contributed by atoms with E-state index in [1.807, 2.05) is 0 Å². The minimum atomic E-state index is -0.708. The molecule has 0 aliphatic carbocycles. The first-order chi connectivity index (χ1) is 8.63. The standard InChI is InChI=1S/C15H25NOS/c1-4-5-6-14-7-9-15(10-8-14)13(2)16-11-12-18(3)17/h7-10,13,16H,4-6,11-12H2,1-3H3. The van der Waals surface area contributed by atoms with Crippen LogP contribution in [0.15, 0.2) is 24.3 Å². The van der Waals surface area contributed by atoms with Gasteiger partial charge in [0.15, 0.2) is 0 Å². The van der Waals surface area contributed by atoms with Gasteiger partial charge in [-0.15, -0.1) is 0 Å². The molecule has 102 valence electrons. The second-order valence-electron chi connectivity index (χ2n) is 4.80. The summed E-state index contributed by atoms with van der Waals surface area (Å²) in [5.74, 6) is 0.721. The van der Waals surface area contributed by atoms with Crippen molar-refractivity contribution in [2.45, 2.75) is 39.2 Å². The molecule has 0 saturated carbocycles. The molecule has 1 N–H and O–H groups in total. The quantitative estimate of drug-likeness (QED) is 0.784. The Hall–Kier alpha value is -0.670. The van der Waals surface area contributed by atoms with Crippen LogP contribution in [0.1, 0.15) is 43.9 Å². The van der Waals surface area contributed by atoms with Gasteiger partial charge in [-0.25, -0.2) is 0 Å². The molecule has 0 aliphatic heterocycles. The minimum absolute atomic E-state index is 0.328. The molecule has 2 atom stereocenters. The highest BCUT2D eigenvalue weighted by molar-refractivity contribution is 7.84. The molecule has 0 aromatic heterocycles. The lowest BCUT2D eigenvalue weighted by Crippen LogP contribution is -2.23. The second-order valence-corrected chi connectivity index (χ2v) is 6.35. The molecule has 1 aromatic carbocycles. The number of unbranched alkanes of at least 4 members (excludes halogenated alkanes) is 1. The Bertz CT molecular complexity index is 361. The SMILES string of the molecule is CCCCc1ccc(C(C)NCCS(C)=O)cc1. The van der Waals surface area contributed by atoms with Crippen molar-refractivity contribution < 1.29 is 4.21 Å². The van der Waals surface area contributed by atoms with E-state index in [4.69, 9.17) is 0 Å². The molecule has 2 unspecified atom stereocenters. The van der Waals surface area contributed by atoms with Crippen LogP contribution in [0.3, 0.4) is 0 Å². The van der Waals surface area contributed by atoms with Gasteiger partial charge in [-0.2, -0.15) is 0 Å². The van der Waals surface area contributed by atoms with Gasteiger partial charge in [0, 0.05) is 35.4 Å². The van der Waals surface area contributed by atoms with Gasteiger partial charge in [0.2, 0.25) is 0 Å². The molecular weight excluding hydrogens is 242 g/mol. The molecule has 0 radical (unpaired) electrons. The Labute approximate surface area is 114 Å². The first-order valence-electron chi connectivity index (χ1n) is 6.75. The number of aryl methyl sites for hydroxylation is 1. The molecule has 0 saturated heterocycles. The summed E-state index contributed by atoms with van der Waals surface area (Å²) in [5.41, 5.74) is 2.72. The molecule has 2 nitrogen and oxygen atoms in total. The zero-order valence-electron chi connectivity index (χ0n) is 11.7. The van der Waals surface area contributed by atoms with Gasteiger partial charge >= 0.3 is 0 Å². The predicted molar refractivity (Wildman–Crippen MR) is 80.4 cm³/mol. The van der Waals surface area contributed by atoms with Crippen LogP contribution in [-0.4, -0.2) is 22.8 Å². The van der Waals surface area contributed by atoms with E-state index in [-0.39, 0.29) is 0 Å². The van der Waals surface area contributed by atoms with Crippen molar-refractivity contribution >= 4 is 10.8 Å². The van der Waals surface area contributed by atoms with Crippen molar-refractivity contribution in [1.82, 2.24) is 5.32 Å². The maximum absolute atomic E-state index is 11.0. The highest BCUT2D eigenvalue weighted by Crippen LogP contribution is 2.14. The average Bonchev–Trinajstić information content (AvgIpc) is 2.36. The predicted octanol–water partition coefficient (Wildman–Crippen LogP) is 3.06. The molecule has 0 spiro atoms. The number of nitrogens with one attached hydrogen (secondary N) is 1. The van der Waals surface area contributed by atoms with E-state index in [1.165, 1.54) is 30.4 Å². The molecule has 0 bridgehead atoms. The lowest BCUT2D eigenvalue weighted by molar-refractivity contribution is 0.597. The zero-order chi connectivity index (χ0) is 13.4. The first-order valence-corrected chi connectivity index (χ1v) is 8.48. The van der Waals surface area contributed by atoms with E-state index in [0.29, 0.717) is 6.04 Å². The number of benzene rings is 1. The third-order valence-corrected chi connectivity index (χ3v) is 3.92. The van der Waals surface area contributed by atoms with E-state index < -0.39 is 10.8 Å². The molecule has 1 aromatic rings. The fourth-order valence-corrected chi connectivity index (χ4v) is 2.30. The lowest BCUT2D eigenvalue weighted by atomic mass is 10.0. The molecule has 18 heavy (non-hydrogen) atoms. The maximum atomic E-state index is 11.0. The van der Waals surface area contributed by atoms with Crippen LogP contribution >= 0.6 is 0 Å². The summed E-state index contributed by atoms with van der Waals surface area (Å²) >= 11 is 0. The van der Waals surface area contributed by atoms with E-state index >= 15 is 0 Å². The van der Waals surface area contributed by atoms with Crippen molar-refractivity contribution in [3.05, 3.63) is 35.4 Å². The Morgan fingerprint density at radius 2 is 1.94 bits per heavy atom. The fraction of sp³-hybridized carbons (Fsp3) is 0.600. The zero-order valence-corrected chi connectivity index (χ0v) is 12.6. The minimum Gasteiger partial charge on any atom is -0.309 e.